The maximum atomic E-state index is 11.1. The summed E-state index contributed by atoms with van der Waals surface area (Å²) in [4.78, 5) is 0. The van der Waals surface area contributed by atoms with Crippen LogP contribution >= 0.6 is 0 Å². The molecule has 2 aliphatic carbocycles. The molecule has 1 saturated carbocycles. The van der Waals surface area contributed by atoms with E-state index in [1.165, 1.54) is 43.2 Å². The molecule has 0 saturated heterocycles. The minimum atomic E-state index is -0.472. The lowest BCUT2D eigenvalue weighted by atomic mass is 9.68. The van der Waals surface area contributed by atoms with Crippen LogP contribution in [0.1, 0.15) is 49.7 Å². The van der Waals surface area contributed by atoms with Crippen LogP contribution in [-0.2, 0) is 12.8 Å². The van der Waals surface area contributed by atoms with Gasteiger partial charge in [-0.1, -0.05) is 25.3 Å². The average molecular weight is 260 g/mol. The van der Waals surface area contributed by atoms with Crippen molar-refractivity contribution in [2.45, 2.75) is 57.0 Å². The zero-order valence-corrected chi connectivity index (χ0v) is 11.8. The van der Waals surface area contributed by atoms with Crippen LogP contribution in [0.5, 0.6) is 5.75 Å². The van der Waals surface area contributed by atoms with Crippen LogP contribution in [0.15, 0.2) is 18.2 Å². The molecule has 1 aromatic carbocycles. The SMILES string of the molecule is COc1ccc2c(c1)CC(O)(C1CCCCC1)CC2. The van der Waals surface area contributed by atoms with Crippen LogP contribution in [-0.4, -0.2) is 17.8 Å². The second kappa shape index (κ2) is 5.16. The minimum absolute atomic E-state index is 0.472. The number of hydrogen-bond donors (Lipinski definition) is 1. The van der Waals surface area contributed by atoms with E-state index < -0.39 is 5.60 Å². The van der Waals surface area contributed by atoms with Crippen molar-refractivity contribution in [3.05, 3.63) is 29.3 Å². The summed E-state index contributed by atoms with van der Waals surface area (Å²) < 4.78 is 5.31. The molecule has 0 bridgehead atoms. The highest BCUT2D eigenvalue weighted by molar-refractivity contribution is 5.38. The van der Waals surface area contributed by atoms with Crippen LogP contribution in [0.2, 0.25) is 0 Å². The quantitative estimate of drug-likeness (QED) is 0.882. The second-order valence-corrected chi connectivity index (χ2v) is 6.25. The molecule has 2 aliphatic rings. The lowest BCUT2D eigenvalue weighted by molar-refractivity contribution is -0.0439. The van der Waals surface area contributed by atoms with E-state index in [0.29, 0.717) is 5.92 Å². The molecule has 19 heavy (non-hydrogen) atoms. The summed E-state index contributed by atoms with van der Waals surface area (Å²) in [5, 5.41) is 11.1. The van der Waals surface area contributed by atoms with Crippen molar-refractivity contribution in [2.24, 2.45) is 5.92 Å². The fourth-order valence-corrected chi connectivity index (χ4v) is 3.90. The summed E-state index contributed by atoms with van der Waals surface area (Å²) in [6.07, 6.45) is 9.08. The predicted molar refractivity (Wildman–Crippen MR) is 76.5 cm³/mol. The number of aryl methyl sites for hydroxylation is 1. The third kappa shape index (κ3) is 2.51. The Morgan fingerprint density at radius 2 is 1.95 bits per heavy atom. The van der Waals surface area contributed by atoms with E-state index in [0.717, 1.165) is 25.0 Å². The Hall–Kier alpha value is -1.02. The van der Waals surface area contributed by atoms with Crippen LogP contribution in [0.4, 0.5) is 0 Å². The predicted octanol–water partition coefficient (Wildman–Crippen LogP) is 3.50. The van der Waals surface area contributed by atoms with Gasteiger partial charge in [0.15, 0.2) is 0 Å². The number of benzene rings is 1. The molecule has 0 aromatic heterocycles. The van der Waals surface area contributed by atoms with Gasteiger partial charge in [-0.2, -0.15) is 0 Å². The van der Waals surface area contributed by atoms with E-state index >= 15 is 0 Å². The Bertz CT molecular complexity index is 449. The summed E-state index contributed by atoms with van der Waals surface area (Å²) >= 11 is 0. The van der Waals surface area contributed by atoms with Crippen LogP contribution < -0.4 is 4.74 Å². The number of fused-ring (bicyclic) bond motifs is 1. The van der Waals surface area contributed by atoms with Crippen LogP contribution in [0, 0.1) is 5.92 Å². The third-order valence-electron chi connectivity index (χ3n) is 5.10. The molecule has 0 spiro atoms. The van der Waals surface area contributed by atoms with Crippen LogP contribution in [0.25, 0.3) is 0 Å². The number of methoxy groups -OCH3 is 1. The number of aliphatic hydroxyl groups is 1. The molecule has 2 nitrogen and oxygen atoms in total. The lowest BCUT2D eigenvalue weighted by Gasteiger charge is -2.42. The Morgan fingerprint density at radius 1 is 1.16 bits per heavy atom. The minimum Gasteiger partial charge on any atom is -0.497 e. The summed E-state index contributed by atoms with van der Waals surface area (Å²) in [6, 6.07) is 6.31. The molecule has 104 valence electrons. The zero-order valence-electron chi connectivity index (χ0n) is 11.8. The topological polar surface area (TPSA) is 29.5 Å². The number of rotatable bonds is 2. The Labute approximate surface area is 115 Å². The van der Waals surface area contributed by atoms with Gasteiger partial charge in [-0.05, 0) is 54.9 Å². The van der Waals surface area contributed by atoms with Gasteiger partial charge in [-0.15, -0.1) is 0 Å². The highest BCUT2D eigenvalue weighted by Crippen LogP contribution is 2.41. The first-order chi connectivity index (χ1) is 9.21. The third-order valence-corrected chi connectivity index (χ3v) is 5.10. The lowest BCUT2D eigenvalue weighted by Crippen LogP contribution is -2.44. The first-order valence-electron chi connectivity index (χ1n) is 7.59. The summed E-state index contributed by atoms with van der Waals surface area (Å²) in [6.45, 7) is 0. The maximum absolute atomic E-state index is 11.1. The van der Waals surface area contributed by atoms with E-state index in [1.807, 2.05) is 6.07 Å². The van der Waals surface area contributed by atoms with Crippen LogP contribution in [0.3, 0.4) is 0 Å². The molecule has 1 atom stereocenters. The van der Waals surface area contributed by atoms with E-state index in [4.69, 9.17) is 4.74 Å². The zero-order chi connectivity index (χ0) is 13.3. The monoisotopic (exact) mass is 260 g/mol. The van der Waals surface area contributed by atoms with E-state index in [1.54, 1.807) is 7.11 Å². The van der Waals surface area contributed by atoms with Crippen molar-refractivity contribution in [3.63, 3.8) is 0 Å². The molecule has 1 fully saturated rings. The van der Waals surface area contributed by atoms with Gasteiger partial charge in [-0.3, -0.25) is 0 Å². The van der Waals surface area contributed by atoms with E-state index in [-0.39, 0.29) is 0 Å². The molecule has 0 radical (unpaired) electrons. The summed E-state index contributed by atoms with van der Waals surface area (Å²) in [5.41, 5.74) is 2.21. The Kier molecular flexibility index (Phi) is 3.53. The molecular formula is C17H24O2. The smallest absolute Gasteiger partial charge is 0.119 e. The Morgan fingerprint density at radius 3 is 2.68 bits per heavy atom. The van der Waals surface area contributed by atoms with Crippen molar-refractivity contribution in [1.82, 2.24) is 0 Å². The van der Waals surface area contributed by atoms with Crippen molar-refractivity contribution >= 4 is 0 Å². The van der Waals surface area contributed by atoms with Gasteiger partial charge in [0.05, 0.1) is 12.7 Å². The molecule has 0 amide bonds. The molecule has 2 heteroatoms. The highest BCUT2D eigenvalue weighted by Gasteiger charge is 2.39. The van der Waals surface area contributed by atoms with Gasteiger partial charge in [-0.25, -0.2) is 0 Å². The van der Waals surface area contributed by atoms with Gasteiger partial charge in [0.25, 0.3) is 0 Å². The first kappa shape index (κ1) is 13.0. The Balaban J connectivity index is 1.83. The highest BCUT2D eigenvalue weighted by atomic mass is 16.5. The van der Waals surface area contributed by atoms with Gasteiger partial charge in [0.1, 0.15) is 5.75 Å². The average Bonchev–Trinajstić information content (AvgIpc) is 2.47. The van der Waals surface area contributed by atoms with Gasteiger partial charge < -0.3 is 9.84 Å². The molecular weight excluding hydrogens is 236 g/mol. The van der Waals surface area contributed by atoms with Crippen molar-refractivity contribution in [1.29, 1.82) is 0 Å². The number of ether oxygens (including phenoxy) is 1. The van der Waals surface area contributed by atoms with Crippen molar-refractivity contribution < 1.29 is 9.84 Å². The fourth-order valence-electron chi connectivity index (χ4n) is 3.90. The molecule has 0 aliphatic heterocycles. The standard InChI is InChI=1S/C17H24O2/c1-19-16-8-7-13-9-10-17(18,12-14(13)11-16)15-5-3-2-4-6-15/h7-8,11,15,18H,2-6,9-10,12H2,1H3. The molecule has 0 heterocycles. The molecule has 3 rings (SSSR count). The van der Waals surface area contributed by atoms with Crippen molar-refractivity contribution in [2.75, 3.05) is 7.11 Å². The van der Waals surface area contributed by atoms with Crippen molar-refractivity contribution in [3.8, 4) is 5.75 Å². The number of hydrogen-bond acceptors (Lipinski definition) is 2. The fraction of sp³-hybridized carbons (Fsp3) is 0.647. The summed E-state index contributed by atoms with van der Waals surface area (Å²) in [5.74, 6) is 1.41. The molecule has 1 aromatic rings. The second-order valence-electron chi connectivity index (χ2n) is 6.25. The largest absolute Gasteiger partial charge is 0.497 e. The summed E-state index contributed by atoms with van der Waals surface area (Å²) in [7, 11) is 1.71. The van der Waals surface area contributed by atoms with E-state index in [9.17, 15) is 5.11 Å². The molecule has 1 N–H and O–H groups in total. The van der Waals surface area contributed by atoms with E-state index in [2.05, 4.69) is 12.1 Å². The maximum Gasteiger partial charge on any atom is 0.119 e. The van der Waals surface area contributed by atoms with Gasteiger partial charge in [0, 0.05) is 6.42 Å². The normalized spacial score (nSPS) is 27.9. The molecule has 1 unspecified atom stereocenters. The van der Waals surface area contributed by atoms with Gasteiger partial charge in [0.2, 0.25) is 0 Å². The van der Waals surface area contributed by atoms with Gasteiger partial charge >= 0.3 is 0 Å². The first-order valence-corrected chi connectivity index (χ1v) is 7.59.